The molecule has 404 valence electrons. The maximum Gasteiger partial charge on any atom is 0.407 e. The molecule has 8 N–H and O–H groups in total. The van der Waals surface area contributed by atoms with Crippen LogP contribution in [0.15, 0.2) is 28.7 Å². The van der Waals surface area contributed by atoms with Gasteiger partial charge in [0, 0.05) is 22.6 Å². The molecular formula is C49H74BrCl3N8O11. The highest BCUT2D eigenvalue weighted by Crippen LogP contribution is 2.30. The van der Waals surface area contributed by atoms with Gasteiger partial charge in [0.2, 0.25) is 41.4 Å². The zero-order valence-electron chi connectivity index (χ0n) is 43.1. The molecule has 8 amide bonds. The zero-order valence-corrected chi connectivity index (χ0v) is 46.9. The fraction of sp³-hybridized carbons (Fsp3) is 0.694. The highest BCUT2D eigenvalue weighted by Gasteiger charge is 2.43. The molecule has 1 aromatic rings. The number of esters is 1. The van der Waals surface area contributed by atoms with Gasteiger partial charge in [-0.15, -0.1) is 0 Å². The van der Waals surface area contributed by atoms with Crippen molar-refractivity contribution >= 4 is 104 Å². The standard InChI is InChI=1S/C48H73BrN8O11.CHCl3/c1-26(51-42(64)47(8,9)56-39(61)32-17-14-20-35(32)54-44(66)68-45(3,4)5)36(58)52-33-18-12-15-30(33)38(60)55-46(6,7)41(63)50-27(2)37(59)53-34-19-13-16-31(34)40(62)57-48(10,11)43(65)67-25-28-21-23-29(49)24-22-28;2-1(3)4/h21-24,26-27,30-35H,12-20,25H2,1-11H3,(H,50,63)(H,51,64)(H,52,58)(H,53,59)(H,54,66)(H,55,60)(H,56,61)(H,57,62);1H/t26-,27-,30-,31-,32-,33-,34-,35-;/m0./s1. The number of alkyl carbamates (subject to hydrolysis) is 1. The molecule has 0 unspecified atom stereocenters. The van der Waals surface area contributed by atoms with Crippen LogP contribution >= 0.6 is 50.7 Å². The molecule has 0 aromatic heterocycles. The lowest BCUT2D eigenvalue weighted by Gasteiger charge is -2.31. The van der Waals surface area contributed by atoms with Crippen LogP contribution in [0.5, 0.6) is 0 Å². The lowest BCUT2D eigenvalue weighted by Crippen LogP contribution is -2.61. The van der Waals surface area contributed by atoms with Crippen molar-refractivity contribution in [3.8, 4) is 0 Å². The number of halogens is 4. The number of hydrogen-bond donors (Lipinski definition) is 8. The maximum absolute atomic E-state index is 13.7. The predicted molar refractivity (Wildman–Crippen MR) is 276 cm³/mol. The van der Waals surface area contributed by atoms with Crippen LogP contribution in [0, 0.1) is 17.8 Å². The quantitative estimate of drug-likeness (QED) is 0.0678. The number of benzene rings is 1. The van der Waals surface area contributed by atoms with Crippen LogP contribution in [0.25, 0.3) is 0 Å². The molecular weight excluding hydrogens is 1060 g/mol. The number of amides is 8. The predicted octanol–water partition coefficient (Wildman–Crippen LogP) is 5.44. The Morgan fingerprint density at radius 1 is 0.569 bits per heavy atom. The van der Waals surface area contributed by atoms with Crippen LogP contribution in [-0.2, 0) is 54.4 Å². The molecule has 0 radical (unpaired) electrons. The van der Waals surface area contributed by atoms with Crippen molar-refractivity contribution in [2.24, 2.45) is 17.8 Å². The van der Waals surface area contributed by atoms with E-state index < -0.39 is 128 Å². The van der Waals surface area contributed by atoms with Crippen molar-refractivity contribution in [2.75, 3.05) is 0 Å². The lowest BCUT2D eigenvalue weighted by molar-refractivity contribution is -0.154. The van der Waals surface area contributed by atoms with Crippen LogP contribution in [-0.4, -0.2) is 110 Å². The van der Waals surface area contributed by atoms with Gasteiger partial charge in [-0.2, -0.15) is 0 Å². The van der Waals surface area contributed by atoms with E-state index in [9.17, 15) is 43.2 Å². The third kappa shape index (κ3) is 19.5. The second-order valence-electron chi connectivity index (χ2n) is 21.3. The Labute approximate surface area is 446 Å². The van der Waals surface area contributed by atoms with Crippen LogP contribution in [0.1, 0.15) is 140 Å². The van der Waals surface area contributed by atoms with Crippen LogP contribution < -0.4 is 42.5 Å². The minimum absolute atomic E-state index is 0.0334. The van der Waals surface area contributed by atoms with Gasteiger partial charge in [-0.3, -0.25) is 33.6 Å². The summed E-state index contributed by atoms with van der Waals surface area (Å²) in [6, 6.07) is 3.61. The van der Waals surface area contributed by atoms with Gasteiger partial charge in [0.25, 0.3) is 0 Å². The Kier molecular flexibility index (Phi) is 23.0. The van der Waals surface area contributed by atoms with Gasteiger partial charge >= 0.3 is 12.1 Å². The van der Waals surface area contributed by atoms with Crippen molar-refractivity contribution in [1.82, 2.24) is 42.5 Å². The van der Waals surface area contributed by atoms with Crippen LogP contribution in [0.2, 0.25) is 0 Å². The second kappa shape index (κ2) is 26.7. The van der Waals surface area contributed by atoms with E-state index in [1.54, 1.807) is 34.6 Å². The SMILES string of the molecule is C[C@H](NC(=O)C(C)(C)NC(=O)[C@H]1CCC[C@@H]1NC(=O)OC(C)(C)C)C(=O)N[C@H]1CCC[C@@H]1C(=O)NC(C)(C)C(=O)N[C@@H](C)C(=O)N[C@H]1CCC[C@@H]1C(=O)NC(C)(C)C(=O)OCc1ccc(Br)cc1.ClC(Cl)Cl. The number of carbonyl (C=O) groups is 9. The van der Waals surface area contributed by atoms with Gasteiger partial charge in [0.1, 0.15) is 40.9 Å². The highest BCUT2D eigenvalue weighted by atomic mass is 79.9. The molecule has 0 spiro atoms. The molecule has 3 aliphatic carbocycles. The maximum atomic E-state index is 13.7. The molecule has 0 aliphatic heterocycles. The van der Waals surface area contributed by atoms with Gasteiger partial charge < -0.3 is 52.0 Å². The molecule has 3 saturated carbocycles. The normalized spacial score (nSPS) is 21.9. The third-order valence-corrected chi connectivity index (χ3v) is 13.2. The van der Waals surface area contributed by atoms with Crippen molar-refractivity contribution in [1.29, 1.82) is 0 Å². The van der Waals surface area contributed by atoms with Gasteiger partial charge in [0.15, 0.2) is 4.30 Å². The average molecular weight is 1140 g/mol. The Balaban J connectivity index is 0.00000329. The van der Waals surface area contributed by atoms with E-state index in [1.807, 2.05) is 24.3 Å². The summed E-state index contributed by atoms with van der Waals surface area (Å²) >= 11 is 17.8. The summed E-state index contributed by atoms with van der Waals surface area (Å²) in [4.78, 5) is 119. The minimum atomic E-state index is -1.47. The number of hydrogen-bond acceptors (Lipinski definition) is 11. The first-order valence-corrected chi connectivity index (χ1v) is 26.3. The molecule has 1 aromatic carbocycles. The van der Waals surface area contributed by atoms with Crippen molar-refractivity contribution in [3.63, 3.8) is 0 Å². The van der Waals surface area contributed by atoms with Crippen LogP contribution in [0.4, 0.5) is 4.79 Å². The zero-order chi connectivity index (χ0) is 54.5. The van der Waals surface area contributed by atoms with Crippen molar-refractivity contribution in [3.05, 3.63) is 34.3 Å². The second-order valence-corrected chi connectivity index (χ2v) is 24.2. The molecule has 0 heterocycles. The number of nitrogens with one attached hydrogen (secondary N) is 8. The summed E-state index contributed by atoms with van der Waals surface area (Å²) in [6.45, 7) is 17.4. The molecule has 0 saturated heterocycles. The Morgan fingerprint density at radius 2 is 0.917 bits per heavy atom. The number of ether oxygens (including phenoxy) is 2. The largest absolute Gasteiger partial charge is 0.459 e. The smallest absolute Gasteiger partial charge is 0.407 e. The summed E-state index contributed by atoms with van der Waals surface area (Å²) in [5.41, 5.74) is -4.16. The first-order chi connectivity index (χ1) is 33.2. The first kappa shape index (κ1) is 61.9. The molecule has 23 heteroatoms. The first-order valence-electron chi connectivity index (χ1n) is 24.2. The number of rotatable bonds is 18. The summed E-state index contributed by atoms with van der Waals surface area (Å²) in [5.74, 6) is -6.12. The minimum Gasteiger partial charge on any atom is -0.459 e. The molecule has 0 bridgehead atoms. The van der Waals surface area contributed by atoms with Crippen molar-refractivity contribution in [2.45, 2.75) is 197 Å². The van der Waals surface area contributed by atoms with Crippen molar-refractivity contribution < 1.29 is 52.6 Å². The highest BCUT2D eigenvalue weighted by molar-refractivity contribution is 9.10. The molecule has 3 aliphatic rings. The Bertz CT molecular complexity index is 2120. The van der Waals surface area contributed by atoms with Gasteiger partial charge in [0.05, 0.1) is 17.8 Å². The van der Waals surface area contributed by atoms with E-state index >= 15 is 0 Å². The number of alkyl halides is 3. The summed E-state index contributed by atoms with van der Waals surface area (Å²) in [5, 5.41) is 22.2. The molecule has 3 fully saturated rings. The number of carbonyl (C=O) groups excluding carboxylic acids is 9. The van der Waals surface area contributed by atoms with Crippen LogP contribution in [0.3, 0.4) is 0 Å². The van der Waals surface area contributed by atoms with Gasteiger partial charge in [-0.1, -0.05) is 82.1 Å². The topological polar surface area (TPSA) is 268 Å². The van der Waals surface area contributed by atoms with E-state index in [2.05, 4.69) is 58.5 Å². The van der Waals surface area contributed by atoms with Gasteiger partial charge in [-0.25, -0.2) is 9.59 Å². The molecule has 8 atom stereocenters. The summed E-state index contributed by atoms with van der Waals surface area (Å²) in [6.07, 6.45) is 4.34. The fourth-order valence-corrected chi connectivity index (χ4v) is 8.84. The van der Waals surface area contributed by atoms with E-state index in [4.69, 9.17) is 44.3 Å². The van der Waals surface area contributed by atoms with E-state index in [1.165, 1.54) is 41.5 Å². The van der Waals surface area contributed by atoms with E-state index in [0.29, 0.717) is 57.8 Å². The monoisotopic (exact) mass is 1130 g/mol. The van der Waals surface area contributed by atoms with Gasteiger partial charge in [-0.05, 0) is 132 Å². The van der Waals surface area contributed by atoms with E-state index in [-0.39, 0.29) is 6.61 Å². The average Bonchev–Trinajstić information content (AvgIpc) is 4.04. The summed E-state index contributed by atoms with van der Waals surface area (Å²) in [7, 11) is 0. The lowest BCUT2D eigenvalue weighted by atomic mass is 9.97. The Hall–Kier alpha value is -4.40. The van der Waals surface area contributed by atoms with E-state index in [0.717, 1.165) is 10.0 Å². The Morgan fingerprint density at radius 3 is 1.28 bits per heavy atom. The molecule has 4 rings (SSSR count). The molecule has 72 heavy (non-hydrogen) atoms. The molecule has 19 nitrogen and oxygen atoms in total. The summed E-state index contributed by atoms with van der Waals surface area (Å²) < 4.78 is 11.0. The fourth-order valence-electron chi connectivity index (χ4n) is 8.58. The third-order valence-electron chi connectivity index (χ3n) is 12.6.